The number of nitrogen functional groups attached to an aromatic ring is 1. The van der Waals surface area contributed by atoms with E-state index in [-0.39, 0.29) is 0 Å². The van der Waals surface area contributed by atoms with Crippen molar-refractivity contribution >= 4 is 63.5 Å². The van der Waals surface area contributed by atoms with Crippen molar-refractivity contribution < 1.29 is 0 Å². The highest BCUT2D eigenvalue weighted by molar-refractivity contribution is 6.36. The van der Waals surface area contributed by atoms with Gasteiger partial charge in [0, 0.05) is 15.7 Å². The van der Waals surface area contributed by atoms with Gasteiger partial charge in [0.05, 0.1) is 10.7 Å². The van der Waals surface area contributed by atoms with Crippen molar-refractivity contribution in [2.75, 3.05) is 16.4 Å². The van der Waals surface area contributed by atoms with Crippen LogP contribution in [0.2, 0.25) is 15.1 Å². The summed E-state index contributed by atoms with van der Waals surface area (Å²) < 4.78 is 0. The standard InChI is InChI=1S/C17H14Cl3N5/c1-9-6-10(18)2-4-13(9)24-16-15(21)17(23-8-22-16)25-14-5-3-11(19)7-12(14)20/h2-8H,21H2,1H3,(H2,22,23,24,25). The van der Waals surface area contributed by atoms with E-state index in [2.05, 4.69) is 20.6 Å². The molecule has 0 unspecified atom stereocenters. The third-order valence-corrected chi connectivity index (χ3v) is 4.29. The number of aryl methyl sites for hydroxylation is 1. The van der Waals surface area contributed by atoms with Crippen LogP contribution in [0.4, 0.5) is 28.7 Å². The molecule has 0 saturated carbocycles. The molecule has 0 spiro atoms. The van der Waals surface area contributed by atoms with E-state index in [1.807, 2.05) is 19.1 Å². The van der Waals surface area contributed by atoms with Gasteiger partial charge < -0.3 is 16.4 Å². The average Bonchev–Trinajstić information content (AvgIpc) is 2.56. The normalized spacial score (nSPS) is 10.6. The Morgan fingerprint density at radius 3 is 2.00 bits per heavy atom. The van der Waals surface area contributed by atoms with Gasteiger partial charge in [0.15, 0.2) is 11.6 Å². The van der Waals surface area contributed by atoms with E-state index in [1.54, 1.807) is 24.3 Å². The van der Waals surface area contributed by atoms with Crippen LogP contribution in [0.25, 0.3) is 0 Å². The summed E-state index contributed by atoms with van der Waals surface area (Å²) in [5, 5.41) is 7.96. The van der Waals surface area contributed by atoms with E-state index in [9.17, 15) is 0 Å². The quantitative estimate of drug-likeness (QED) is 0.520. The minimum atomic E-state index is 0.364. The molecule has 0 aliphatic heterocycles. The first-order valence-electron chi connectivity index (χ1n) is 7.30. The Kier molecular flexibility index (Phi) is 5.18. The summed E-state index contributed by atoms with van der Waals surface area (Å²) in [7, 11) is 0. The molecule has 8 heteroatoms. The van der Waals surface area contributed by atoms with Crippen molar-refractivity contribution in [3.63, 3.8) is 0 Å². The van der Waals surface area contributed by atoms with Crippen molar-refractivity contribution in [2.24, 2.45) is 0 Å². The van der Waals surface area contributed by atoms with E-state index < -0.39 is 0 Å². The number of nitrogens with one attached hydrogen (secondary N) is 2. The first kappa shape index (κ1) is 17.6. The summed E-state index contributed by atoms with van der Waals surface area (Å²) in [6.45, 7) is 1.94. The van der Waals surface area contributed by atoms with Crippen LogP contribution in [0.15, 0.2) is 42.7 Å². The second kappa shape index (κ2) is 7.35. The Hall–Kier alpha value is -2.21. The summed E-state index contributed by atoms with van der Waals surface area (Å²) in [6.07, 6.45) is 1.41. The number of halogens is 3. The van der Waals surface area contributed by atoms with E-state index in [0.717, 1.165) is 11.3 Å². The predicted molar refractivity (Wildman–Crippen MR) is 106 cm³/mol. The molecule has 25 heavy (non-hydrogen) atoms. The summed E-state index contributed by atoms with van der Waals surface area (Å²) in [6, 6.07) is 10.6. The van der Waals surface area contributed by atoms with Crippen LogP contribution in [0.3, 0.4) is 0 Å². The maximum absolute atomic E-state index is 6.19. The number of benzene rings is 2. The molecule has 4 N–H and O–H groups in total. The molecule has 128 valence electrons. The molecule has 0 bridgehead atoms. The van der Waals surface area contributed by atoms with E-state index in [0.29, 0.717) is 38.1 Å². The van der Waals surface area contributed by atoms with Crippen molar-refractivity contribution in [3.05, 3.63) is 63.4 Å². The van der Waals surface area contributed by atoms with Crippen LogP contribution >= 0.6 is 34.8 Å². The highest BCUT2D eigenvalue weighted by Crippen LogP contribution is 2.33. The number of hydrogen-bond acceptors (Lipinski definition) is 5. The van der Waals surface area contributed by atoms with Gasteiger partial charge in [-0.3, -0.25) is 0 Å². The Labute approximate surface area is 160 Å². The van der Waals surface area contributed by atoms with Gasteiger partial charge in [-0.05, 0) is 48.9 Å². The lowest BCUT2D eigenvalue weighted by Crippen LogP contribution is -2.06. The largest absolute Gasteiger partial charge is 0.393 e. The van der Waals surface area contributed by atoms with Gasteiger partial charge in [0.1, 0.15) is 12.0 Å². The van der Waals surface area contributed by atoms with Crippen molar-refractivity contribution in [1.29, 1.82) is 0 Å². The Morgan fingerprint density at radius 2 is 1.40 bits per heavy atom. The van der Waals surface area contributed by atoms with E-state index in [1.165, 1.54) is 6.33 Å². The van der Waals surface area contributed by atoms with E-state index >= 15 is 0 Å². The third-order valence-electron chi connectivity index (χ3n) is 3.51. The molecule has 0 aliphatic rings. The highest BCUT2D eigenvalue weighted by atomic mass is 35.5. The SMILES string of the molecule is Cc1cc(Cl)ccc1Nc1ncnc(Nc2ccc(Cl)cc2Cl)c1N. The Morgan fingerprint density at radius 1 is 0.840 bits per heavy atom. The van der Waals surface area contributed by atoms with Crippen molar-refractivity contribution in [1.82, 2.24) is 9.97 Å². The first-order valence-corrected chi connectivity index (χ1v) is 8.43. The molecule has 0 fully saturated rings. The maximum Gasteiger partial charge on any atom is 0.159 e. The van der Waals surface area contributed by atoms with Crippen LogP contribution in [0.1, 0.15) is 5.56 Å². The van der Waals surface area contributed by atoms with Gasteiger partial charge in [-0.2, -0.15) is 0 Å². The minimum Gasteiger partial charge on any atom is -0.393 e. The second-order valence-electron chi connectivity index (χ2n) is 5.32. The number of nitrogens with zero attached hydrogens (tertiary/aromatic N) is 2. The van der Waals surface area contributed by atoms with Gasteiger partial charge in [0.25, 0.3) is 0 Å². The summed E-state index contributed by atoms with van der Waals surface area (Å²) in [5.41, 5.74) is 9.03. The fraction of sp³-hybridized carbons (Fsp3) is 0.0588. The molecule has 0 saturated heterocycles. The average molecular weight is 395 g/mol. The van der Waals surface area contributed by atoms with Crippen molar-refractivity contribution in [2.45, 2.75) is 6.92 Å². The first-order chi connectivity index (χ1) is 11.9. The van der Waals surface area contributed by atoms with Crippen molar-refractivity contribution in [3.8, 4) is 0 Å². The fourth-order valence-electron chi connectivity index (χ4n) is 2.21. The molecule has 1 aromatic heterocycles. The summed E-state index contributed by atoms with van der Waals surface area (Å²) in [4.78, 5) is 8.38. The molecule has 5 nitrogen and oxygen atoms in total. The maximum atomic E-state index is 6.19. The van der Waals surface area contributed by atoms with E-state index in [4.69, 9.17) is 40.5 Å². The zero-order valence-corrected chi connectivity index (χ0v) is 15.4. The molecule has 1 heterocycles. The number of anilines is 5. The van der Waals surface area contributed by atoms with Crippen LogP contribution in [0.5, 0.6) is 0 Å². The van der Waals surface area contributed by atoms with Gasteiger partial charge in [-0.15, -0.1) is 0 Å². The van der Waals surface area contributed by atoms with Gasteiger partial charge in [0.2, 0.25) is 0 Å². The van der Waals surface area contributed by atoms with Crippen LogP contribution in [-0.4, -0.2) is 9.97 Å². The van der Waals surface area contributed by atoms with Crippen LogP contribution in [0, 0.1) is 6.92 Å². The molecule has 2 aromatic carbocycles. The zero-order valence-electron chi connectivity index (χ0n) is 13.1. The van der Waals surface area contributed by atoms with Gasteiger partial charge in [-0.1, -0.05) is 34.8 Å². The summed E-state index contributed by atoms with van der Waals surface area (Å²) in [5.74, 6) is 0.918. The summed E-state index contributed by atoms with van der Waals surface area (Å²) >= 11 is 18.1. The lowest BCUT2D eigenvalue weighted by atomic mass is 10.2. The molecular weight excluding hydrogens is 381 g/mol. The van der Waals surface area contributed by atoms with Crippen LogP contribution in [-0.2, 0) is 0 Å². The number of hydrogen-bond donors (Lipinski definition) is 3. The second-order valence-corrected chi connectivity index (χ2v) is 6.60. The van der Waals surface area contributed by atoms with Gasteiger partial charge in [-0.25, -0.2) is 9.97 Å². The molecule has 0 atom stereocenters. The molecule has 0 amide bonds. The fourth-order valence-corrected chi connectivity index (χ4v) is 2.89. The Bertz CT molecular complexity index is 858. The monoisotopic (exact) mass is 393 g/mol. The number of rotatable bonds is 4. The van der Waals surface area contributed by atoms with Gasteiger partial charge >= 0.3 is 0 Å². The molecule has 0 aliphatic carbocycles. The third kappa shape index (κ3) is 4.07. The molecule has 3 rings (SSSR count). The minimum absolute atomic E-state index is 0.364. The molecule has 0 radical (unpaired) electrons. The van der Waals surface area contributed by atoms with Crippen LogP contribution < -0.4 is 16.4 Å². The highest BCUT2D eigenvalue weighted by Gasteiger charge is 2.11. The zero-order chi connectivity index (χ0) is 18.0. The number of nitrogens with two attached hydrogens (primary N) is 1. The molecular formula is C17H14Cl3N5. The Balaban J connectivity index is 1.89. The number of aromatic nitrogens is 2. The molecule has 3 aromatic rings. The lowest BCUT2D eigenvalue weighted by molar-refractivity contribution is 1.17. The predicted octanol–water partition coefficient (Wildman–Crippen LogP) is 5.81. The smallest absolute Gasteiger partial charge is 0.159 e. The lowest BCUT2D eigenvalue weighted by Gasteiger charge is -2.14. The topological polar surface area (TPSA) is 75.9 Å².